The molecule has 0 radical (unpaired) electrons. The molecule has 0 unspecified atom stereocenters. The van der Waals surface area contributed by atoms with E-state index in [9.17, 15) is 9.18 Å². The van der Waals surface area contributed by atoms with Gasteiger partial charge < -0.3 is 4.90 Å². The van der Waals surface area contributed by atoms with Crippen LogP contribution in [0.5, 0.6) is 0 Å². The first-order valence-corrected chi connectivity index (χ1v) is 9.98. The Morgan fingerprint density at radius 1 is 1.00 bits per heavy atom. The fourth-order valence-electron chi connectivity index (χ4n) is 5.25. The van der Waals surface area contributed by atoms with E-state index < -0.39 is 5.41 Å². The van der Waals surface area contributed by atoms with Crippen LogP contribution in [-0.2, 0) is 10.2 Å². The van der Waals surface area contributed by atoms with Gasteiger partial charge in [-0.1, -0.05) is 37.8 Å². The average Bonchev–Trinajstić information content (AvgIpc) is 3.34. The molecule has 136 valence electrons. The number of benzene rings is 1. The van der Waals surface area contributed by atoms with Crippen molar-refractivity contribution in [2.24, 2.45) is 0 Å². The topological polar surface area (TPSA) is 23.6 Å². The summed E-state index contributed by atoms with van der Waals surface area (Å²) in [7, 11) is 0. The Bertz CT molecular complexity index is 612. The molecule has 0 atom stereocenters. The summed E-state index contributed by atoms with van der Waals surface area (Å²) in [6.07, 6.45) is 9.19. The second-order valence-corrected chi connectivity index (χ2v) is 8.07. The van der Waals surface area contributed by atoms with Gasteiger partial charge in [-0.15, -0.1) is 0 Å². The van der Waals surface area contributed by atoms with Crippen LogP contribution in [0.3, 0.4) is 0 Å². The minimum Gasteiger partial charge on any atom is -0.339 e. The molecule has 0 bridgehead atoms. The highest BCUT2D eigenvalue weighted by atomic mass is 19.1. The summed E-state index contributed by atoms with van der Waals surface area (Å²) in [6, 6.07) is 7.48. The lowest BCUT2D eigenvalue weighted by molar-refractivity contribution is -0.139. The van der Waals surface area contributed by atoms with Gasteiger partial charge in [-0.2, -0.15) is 0 Å². The number of piperazine rings is 1. The SMILES string of the molecule is O=C(N1CCN(C2CCCC2)CC1)C1(c2cccc(F)c2)CCCC1. The molecule has 3 fully saturated rings. The summed E-state index contributed by atoms with van der Waals surface area (Å²) in [5.74, 6) is 0.00398. The van der Waals surface area contributed by atoms with Crippen molar-refractivity contribution < 1.29 is 9.18 Å². The van der Waals surface area contributed by atoms with Gasteiger partial charge in [-0.05, 0) is 43.4 Å². The quantitative estimate of drug-likeness (QED) is 0.834. The number of hydrogen-bond donors (Lipinski definition) is 0. The van der Waals surface area contributed by atoms with Crippen molar-refractivity contribution in [3.63, 3.8) is 0 Å². The third-order valence-electron chi connectivity index (χ3n) is 6.69. The molecule has 2 aliphatic carbocycles. The highest BCUT2D eigenvalue weighted by molar-refractivity contribution is 5.88. The predicted octanol–water partition coefficient (Wildman–Crippen LogP) is 3.72. The molecule has 0 aromatic heterocycles. The van der Waals surface area contributed by atoms with E-state index in [-0.39, 0.29) is 11.7 Å². The number of amides is 1. The number of rotatable bonds is 3. The van der Waals surface area contributed by atoms with Crippen LogP contribution >= 0.6 is 0 Å². The molecule has 1 aliphatic heterocycles. The predicted molar refractivity (Wildman–Crippen MR) is 97.0 cm³/mol. The van der Waals surface area contributed by atoms with Crippen molar-refractivity contribution in [3.8, 4) is 0 Å². The fourth-order valence-corrected chi connectivity index (χ4v) is 5.25. The van der Waals surface area contributed by atoms with Crippen molar-refractivity contribution >= 4 is 5.91 Å². The number of nitrogens with zero attached hydrogens (tertiary/aromatic N) is 2. The summed E-state index contributed by atoms with van der Waals surface area (Å²) >= 11 is 0. The summed E-state index contributed by atoms with van der Waals surface area (Å²) in [4.78, 5) is 18.1. The Kier molecular flexibility index (Phi) is 4.81. The van der Waals surface area contributed by atoms with Gasteiger partial charge in [0.2, 0.25) is 5.91 Å². The summed E-state index contributed by atoms with van der Waals surface area (Å²) < 4.78 is 13.8. The maximum atomic E-state index is 13.8. The van der Waals surface area contributed by atoms with Crippen LogP contribution in [-0.4, -0.2) is 47.9 Å². The van der Waals surface area contributed by atoms with Crippen LogP contribution in [0.4, 0.5) is 4.39 Å². The van der Waals surface area contributed by atoms with E-state index >= 15 is 0 Å². The van der Waals surface area contributed by atoms with Crippen LogP contribution in [0, 0.1) is 5.82 Å². The second-order valence-electron chi connectivity index (χ2n) is 8.07. The molecule has 3 aliphatic rings. The Morgan fingerprint density at radius 2 is 1.68 bits per heavy atom. The van der Waals surface area contributed by atoms with E-state index in [0.717, 1.165) is 63.5 Å². The molecule has 1 saturated heterocycles. The van der Waals surface area contributed by atoms with Gasteiger partial charge in [-0.3, -0.25) is 9.69 Å². The zero-order chi connectivity index (χ0) is 17.3. The first-order chi connectivity index (χ1) is 12.2. The average molecular weight is 344 g/mol. The molecule has 25 heavy (non-hydrogen) atoms. The molecule has 1 aromatic carbocycles. The molecule has 1 heterocycles. The number of hydrogen-bond acceptors (Lipinski definition) is 2. The number of carbonyl (C=O) groups excluding carboxylic acids is 1. The third-order valence-corrected chi connectivity index (χ3v) is 6.69. The van der Waals surface area contributed by atoms with Gasteiger partial charge in [0.15, 0.2) is 0 Å². The van der Waals surface area contributed by atoms with Gasteiger partial charge in [0, 0.05) is 32.2 Å². The highest BCUT2D eigenvalue weighted by Crippen LogP contribution is 2.43. The Morgan fingerprint density at radius 3 is 2.32 bits per heavy atom. The number of halogens is 1. The smallest absolute Gasteiger partial charge is 0.233 e. The van der Waals surface area contributed by atoms with E-state index in [0.29, 0.717) is 0 Å². The summed E-state index contributed by atoms with van der Waals surface area (Å²) in [5.41, 5.74) is 0.394. The molecule has 0 spiro atoms. The van der Waals surface area contributed by atoms with Gasteiger partial charge in [-0.25, -0.2) is 4.39 Å². The Balaban J connectivity index is 1.48. The first-order valence-electron chi connectivity index (χ1n) is 9.98. The lowest BCUT2D eigenvalue weighted by Crippen LogP contribution is -2.55. The summed E-state index contributed by atoms with van der Waals surface area (Å²) in [5, 5.41) is 0. The molecule has 2 saturated carbocycles. The van der Waals surface area contributed by atoms with Gasteiger partial charge in [0.25, 0.3) is 0 Å². The summed E-state index contributed by atoms with van der Waals surface area (Å²) in [6.45, 7) is 3.64. The standard InChI is InChI=1S/C21H29FN2O/c22-18-7-5-6-17(16-18)21(10-3-4-11-21)20(25)24-14-12-23(13-15-24)19-8-1-2-9-19/h5-7,16,19H,1-4,8-15H2. The van der Waals surface area contributed by atoms with Crippen molar-refractivity contribution in [2.45, 2.75) is 62.8 Å². The molecule has 0 N–H and O–H groups in total. The second kappa shape index (κ2) is 7.06. The largest absolute Gasteiger partial charge is 0.339 e. The van der Waals surface area contributed by atoms with Crippen LogP contribution in [0.15, 0.2) is 24.3 Å². The minimum atomic E-state index is -0.488. The normalized spacial score (nSPS) is 24.8. The lowest BCUT2D eigenvalue weighted by Gasteiger charge is -2.42. The zero-order valence-corrected chi connectivity index (χ0v) is 15.1. The fraction of sp³-hybridized carbons (Fsp3) is 0.667. The van der Waals surface area contributed by atoms with Crippen molar-refractivity contribution in [3.05, 3.63) is 35.6 Å². The molecule has 1 amide bonds. The monoisotopic (exact) mass is 344 g/mol. The van der Waals surface area contributed by atoms with E-state index in [1.165, 1.54) is 31.7 Å². The molecule has 1 aromatic rings. The molecule has 4 rings (SSSR count). The van der Waals surface area contributed by atoms with Crippen molar-refractivity contribution in [2.75, 3.05) is 26.2 Å². The van der Waals surface area contributed by atoms with E-state index in [1.54, 1.807) is 12.1 Å². The maximum Gasteiger partial charge on any atom is 0.233 e. The Hall–Kier alpha value is -1.42. The first kappa shape index (κ1) is 17.0. The molecule has 4 heteroatoms. The van der Waals surface area contributed by atoms with Crippen LogP contribution in [0.2, 0.25) is 0 Å². The minimum absolute atomic E-state index is 0.234. The lowest BCUT2D eigenvalue weighted by atomic mass is 9.77. The van der Waals surface area contributed by atoms with Crippen molar-refractivity contribution in [1.29, 1.82) is 0 Å². The van der Waals surface area contributed by atoms with E-state index in [4.69, 9.17) is 0 Å². The van der Waals surface area contributed by atoms with E-state index in [1.807, 2.05) is 6.07 Å². The maximum absolute atomic E-state index is 13.8. The third kappa shape index (κ3) is 3.21. The van der Waals surface area contributed by atoms with Crippen LogP contribution in [0.25, 0.3) is 0 Å². The van der Waals surface area contributed by atoms with Crippen LogP contribution in [0.1, 0.15) is 56.9 Å². The van der Waals surface area contributed by atoms with Gasteiger partial charge >= 0.3 is 0 Å². The van der Waals surface area contributed by atoms with E-state index in [2.05, 4.69) is 9.80 Å². The molecular weight excluding hydrogens is 315 g/mol. The van der Waals surface area contributed by atoms with Gasteiger partial charge in [0.05, 0.1) is 5.41 Å². The number of carbonyl (C=O) groups is 1. The zero-order valence-electron chi connectivity index (χ0n) is 15.1. The molecular formula is C21H29FN2O. The van der Waals surface area contributed by atoms with Gasteiger partial charge in [0.1, 0.15) is 5.82 Å². The highest BCUT2D eigenvalue weighted by Gasteiger charge is 2.45. The van der Waals surface area contributed by atoms with Crippen molar-refractivity contribution in [1.82, 2.24) is 9.80 Å². The van der Waals surface area contributed by atoms with Crippen LogP contribution < -0.4 is 0 Å². The molecule has 3 nitrogen and oxygen atoms in total. The Labute approximate surface area is 150 Å².